The first-order valence-corrected chi connectivity index (χ1v) is 8.58. The summed E-state index contributed by atoms with van der Waals surface area (Å²) < 4.78 is 10.2. The lowest BCUT2D eigenvalue weighted by Gasteiger charge is -2.24. The molecule has 1 N–H and O–H groups in total. The molecule has 140 valence electrons. The van der Waals surface area contributed by atoms with Crippen LogP contribution in [-0.4, -0.2) is 31.7 Å². The Morgan fingerprint density at radius 1 is 1.11 bits per heavy atom. The number of pyridine rings is 1. The van der Waals surface area contributed by atoms with Gasteiger partial charge in [0.25, 0.3) is 11.5 Å². The summed E-state index contributed by atoms with van der Waals surface area (Å²) in [5, 5.41) is 0.870. The van der Waals surface area contributed by atoms with Crippen molar-refractivity contribution >= 4 is 22.5 Å². The first kappa shape index (κ1) is 18.7. The van der Waals surface area contributed by atoms with Crippen molar-refractivity contribution in [3.05, 3.63) is 70.0 Å². The number of carbonyl (C=O) groups is 1. The molecule has 27 heavy (non-hydrogen) atoms. The van der Waals surface area contributed by atoms with Crippen molar-refractivity contribution in [3.8, 4) is 5.75 Å². The molecule has 6 heteroatoms. The van der Waals surface area contributed by atoms with Gasteiger partial charge in [-0.15, -0.1) is 0 Å². The van der Waals surface area contributed by atoms with Gasteiger partial charge in [-0.25, -0.2) is 0 Å². The van der Waals surface area contributed by atoms with Gasteiger partial charge in [-0.1, -0.05) is 18.2 Å². The number of nitrogens with one attached hydrogen (secondary N) is 1. The zero-order valence-electron chi connectivity index (χ0n) is 15.6. The fraction of sp³-hybridized carbons (Fsp3) is 0.238. The van der Waals surface area contributed by atoms with Crippen LogP contribution in [0.4, 0.5) is 5.69 Å². The maximum absolute atomic E-state index is 12.6. The maximum atomic E-state index is 12.6. The van der Waals surface area contributed by atoms with E-state index in [9.17, 15) is 9.59 Å². The molecule has 0 saturated carbocycles. The summed E-state index contributed by atoms with van der Waals surface area (Å²) in [4.78, 5) is 29.7. The molecule has 0 radical (unpaired) electrons. The lowest BCUT2D eigenvalue weighted by molar-refractivity contribution is -0.122. The molecule has 0 aliphatic carbocycles. The van der Waals surface area contributed by atoms with Gasteiger partial charge < -0.3 is 19.4 Å². The zero-order chi connectivity index (χ0) is 19.4. The van der Waals surface area contributed by atoms with Crippen LogP contribution in [0.2, 0.25) is 0 Å². The second-order valence-electron chi connectivity index (χ2n) is 6.28. The van der Waals surface area contributed by atoms with Crippen LogP contribution in [0.25, 0.3) is 10.9 Å². The summed E-state index contributed by atoms with van der Waals surface area (Å²) >= 11 is 0. The number of aromatic amines is 1. The van der Waals surface area contributed by atoms with Gasteiger partial charge in [0.1, 0.15) is 12.4 Å². The van der Waals surface area contributed by atoms with Gasteiger partial charge in [0.05, 0.1) is 19.2 Å². The van der Waals surface area contributed by atoms with Crippen molar-refractivity contribution in [2.75, 3.05) is 25.7 Å². The number of hydrogen-bond acceptors (Lipinski definition) is 4. The average Bonchev–Trinajstić information content (AvgIpc) is 2.66. The molecule has 2 aromatic carbocycles. The van der Waals surface area contributed by atoms with Crippen LogP contribution in [0.15, 0.2) is 53.3 Å². The number of nitrogens with zero attached hydrogens (tertiary/aromatic N) is 1. The molecule has 0 aliphatic heterocycles. The molecule has 0 atom stereocenters. The summed E-state index contributed by atoms with van der Waals surface area (Å²) in [5.41, 5.74) is 2.66. The van der Waals surface area contributed by atoms with Gasteiger partial charge in [0, 0.05) is 24.4 Å². The van der Waals surface area contributed by atoms with Gasteiger partial charge >= 0.3 is 0 Å². The molecule has 0 aliphatic rings. The number of H-pyrrole nitrogens is 1. The second kappa shape index (κ2) is 8.05. The second-order valence-corrected chi connectivity index (χ2v) is 6.28. The van der Waals surface area contributed by atoms with E-state index in [1.54, 1.807) is 24.1 Å². The molecule has 3 aromatic rings. The number of ether oxygens (including phenoxy) is 2. The Morgan fingerprint density at radius 3 is 2.59 bits per heavy atom. The molecule has 0 unspecified atom stereocenters. The molecule has 0 saturated heterocycles. The fourth-order valence-corrected chi connectivity index (χ4v) is 3.02. The Morgan fingerprint density at radius 2 is 1.89 bits per heavy atom. The number of hydrogen-bond donors (Lipinski definition) is 1. The molecular weight excluding hydrogens is 344 g/mol. The molecule has 0 bridgehead atoms. The Balaban J connectivity index is 2.03. The predicted molar refractivity (Wildman–Crippen MR) is 105 cm³/mol. The van der Waals surface area contributed by atoms with Crippen LogP contribution < -0.4 is 15.2 Å². The van der Waals surface area contributed by atoms with Crippen molar-refractivity contribution < 1.29 is 14.3 Å². The molecule has 6 nitrogen and oxygen atoms in total. The molecule has 1 amide bonds. The third-order valence-electron chi connectivity index (χ3n) is 4.43. The molecular formula is C21H22N2O4. The summed E-state index contributed by atoms with van der Waals surface area (Å²) in [6.07, 6.45) is 0. The van der Waals surface area contributed by atoms with Crippen LogP contribution in [0.3, 0.4) is 0 Å². The normalized spacial score (nSPS) is 10.8. The van der Waals surface area contributed by atoms with Crippen LogP contribution in [0.1, 0.15) is 11.1 Å². The highest BCUT2D eigenvalue weighted by molar-refractivity contribution is 5.95. The fourth-order valence-electron chi connectivity index (χ4n) is 3.02. The molecule has 0 fully saturated rings. The lowest BCUT2D eigenvalue weighted by Crippen LogP contribution is -2.35. The van der Waals surface area contributed by atoms with Crippen molar-refractivity contribution in [2.45, 2.75) is 13.5 Å². The van der Waals surface area contributed by atoms with E-state index < -0.39 is 0 Å². The number of amides is 1. The Kier molecular flexibility index (Phi) is 5.57. The minimum Gasteiger partial charge on any atom is -0.497 e. The predicted octanol–water partition coefficient (Wildman–Crippen LogP) is 3.02. The van der Waals surface area contributed by atoms with E-state index in [-0.39, 0.29) is 24.6 Å². The van der Waals surface area contributed by atoms with E-state index in [1.807, 2.05) is 43.3 Å². The van der Waals surface area contributed by atoms with E-state index in [4.69, 9.17) is 9.47 Å². The average molecular weight is 366 g/mol. The number of carbonyl (C=O) groups excluding carboxylic acids is 1. The van der Waals surface area contributed by atoms with Crippen molar-refractivity contribution in [2.24, 2.45) is 0 Å². The summed E-state index contributed by atoms with van der Waals surface area (Å²) in [6, 6.07) is 14.9. The number of aromatic nitrogens is 1. The highest BCUT2D eigenvalue weighted by Gasteiger charge is 2.19. The zero-order valence-corrected chi connectivity index (χ0v) is 15.6. The molecule has 1 heterocycles. The highest BCUT2D eigenvalue weighted by atomic mass is 16.5. The number of methoxy groups -OCH3 is 2. The lowest BCUT2D eigenvalue weighted by atomic mass is 10.1. The van der Waals surface area contributed by atoms with E-state index in [1.165, 1.54) is 7.11 Å². The van der Waals surface area contributed by atoms with E-state index >= 15 is 0 Å². The van der Waals surface area contributed by atoms with Crippen LogP contribution in [-0.2, 0) is 16.1 Å². The minimum absolute atomic E-state index is 0.0585. The monoisotopic (exact) mass is 366 g/mol. The van der Waals surface area contributed by atoms with E-state index in [0.717, 1.165) is 16.6 Å². The van der Waals surface area contributed by atoms with Gasteiger partial charge in [0.15, 0.2) is 0 Å². The van der Waals surface area contributed by atoms with Gasteiger partial charge in [0.2, 0.25) is 0 Å². The van der Waals surface area contributed by atoms with Crippen molar-refractivity contribution in [1.82, 2.24) is 4.98 Å². The SMILES string of the molecule is COCC(=O)N(Cc1cc2ccc(OC)cc2[nH]c1=O)c1ccccc1C. The first-order chi connectivity index (χ1) is 13.0. The topological polar surface area (TPSA) is 71.6 Å². The van der Waals surface area contributed by atoms with Crippen LogP contribution in [0, 0.1) is 6.92 Å². The quantitative estimate of drug-likeness (QED) is 0.728. The molecule has 3 rings (SSSR count). The highest BCUT2D eigenvalue weighted by Crippen LogP contribution is 2.23. The first-order valence-electron chi connectivity index (χ1n) is 8.58. The number of benzene rings is 2. The van der Waals surface area contributed by atoms with Crippen LogP contribution >= 0.6 is 0 Å². The van der Waals surface area contributed by atoms with Crippen molar-refractivity contribution in [3.63, 3.8) is 0 Å². The summed E-state index contributed by atoms with van der Waals surface area (Å²) in [7, 11) is 3.05. The third-order valence-corrected chi connectivity index (χ3v) is 4.43. The van der Waals surface area contributed by atoms with Crippen LogP contribution in [0.5, 0.6) is 5.75 Å². The summed E-state index contributed by atoms with van der Waals surface area (Å²) in [5.74, 6) is 0.462. The largest absolute Gasteiger partial charge is 0.497 e. The van der Waals surface area contributed by atoms with Gasteiger partial charge in [-0.3, -0.25) is 9.59 Å². The Hall–Kier alpha value is -3.12. The maximum Gasteiger partial charge on any atom is 0.253 e. The number of para-hydroxylation sites is 1. The van der Waals surface area contributed by atoms with Gasteiger partial charge in [-0.05, 0) is 42.1 Å². The van der Waals surface area contributed by atoms with E-state index in [2.05, 4.69) is 4.98 Å². The number of aryl methyl sites for hydroxylation is 1. The Labute approximate surface area is 157 Å². The third kappa shape index (κ3) is 4.01. The van der Waals surface area contributed by atoms with Crippen molar-refractivity contribution in [1.29, 1.82) is 0 Å². The van der Waals surface area contributed by atoms with E-state index in [0.29, 0.717) is 16.8 Å². The standard InChI is InChI=1S/C21H22N2O4/c1-14-6-4-5-7-19(14)23(20(24)13-26-2)12-16-10-15-8-9-17(27-3)11-18(15)22-21(16)25/h4-11H,12-13H2,1-3H3,(H,22,25). The van der Waals surface area contributed by atoms with Gasteiger partial charge in [-0.2, -0.15) is 0 Å². The number of rotatable bonds is 6. The minimum atomic E-state index is -0.237. The summed E-state index contributed by atoms with van der Waals surface area (Å²) in [6.45, 7) is 2.03. The smallest absolute Gasteiger partial charge is 0.253 e. The number of fused-ring (bicyclic) bond motifs is 1. The molecule has 1 aromatic heterocycles. The Bertz CT molecular complexity index is 1030. The molecule has 0 spiro atoms. The number of anilines is 1.